The molecule has 0 aliphatic carbocycles. The SMILES string of the molecule is Cc1ccc(N2C(=O)C3C(C2=O)C(C(=O)n2nnc4ccccc42)N2c4ccccc4C=CC32)c(C)c1. The lowest BCUT2D eigenvalue weighted by molar-refractivity contribution is -0.122. The molecular formula is C29H23N5O3. The molecule has 7 rings (SSSR count). The van der Waals surface area contributed by atoms with E-state index in [0.717, 1.165) is 22.4 Å². The van der Waals surface area contributed by atoms with E-state index in [1.54, 1.807) is 12.1 Å². The average Bonchev–Trinajstić information content (AvgIpc) is 3.55. The number of amides is 2. The van der Waals surface area contributed by atoms with E-state index in [9.17, 15) is 14.4 Å². The van der Waals surface area contributed by atoms with Crippen molar-refractivity contribution in [1.82, 2.24) is 15.0 Å². The summed E-state index contributed by atoms with van der Waals surface area (Å²) in [6.07, 6.45) is 3.92. The molecule has 0 radical (unpaired) electrons. The third-order valence-corrected chi connectivity index (χ3v) is 7.82. The number of rotatable bonds is 2. The molecule has 2 fully saturated rings. The van der Waals surface area contributed by atoms with Gasteiger partial charge >= 0.3 is 0 Å². The zero-order valence-electron chi connectivity index (χ0n) is 20.3. The number of benzene rings is 3. The molecule has 8 heteroatoms. The summed E-state index contributed by atoms with van der Waals surface area (Å²) in [5, 5.41) is 8.31. The lowest BCUT2D eigenvalue weighted by atomic mass is 9.88. The summed E-state index contributed by atoms with van der Waals surface area (Å²) < 4.78 is 1.28. The van der Waals surface area contributed by atoms with Gasteiger partial charge in [0, 0.05) is 5.69 Å². The Labute approximate surface area is 212 Å². The van der Waals surface area contributed by atoms with Crippen LogP contribution < -0.4 is 9.80 Å². The third kappa shape index (κ3) is 2.92. The number of carbonyl (C=O) groups is 3. The second-order valence-electron chi connectivity index (χ2n) is 9.94. The van der Waals surface area contributed by atoms with Crippen LogP contribution in [0.15, 0.2) is 72.8 Å². The van der Waals surface area contributed by atoms with E-state index in [-0.39, 0.29) is 17.7 Å². The van der Waals surface area contributed by atoms with Gasteiger partial charge in [-0.05, 0) is 49.2 Å². The highest BCUT2D eigenvalue weighted by atomic mass is 16.2. The molecular weight excluding hydrogens is 466 g/mol. The van der Waals surface area contributed by atoms with Gasteiger partial charge in [-0.1, -0.05) is 65.4 Å². The Kier molecular flexibility index (Phi) is 4.51. The summed E-state index contributed by atoms with van der Waals surface area (Å²) >= 11 is 0. The van der Waals surface area contributed by atoms with Crippen molar-refractivity contribution in [2.24, 2.45) is 11.8 Å². The van der Waals surface area contributed by atoms with Gasteiger partial charge in [-0.25, -0.2) is 4.90 Å². The monoisotopic (exact) mass is 489 g/mol. The minimum atomic E-state index is -0.918. The van der Waals surface area contributed by atoms with Crippen molar-refractivity contribution in [3.05, 3.63) is 89.5 Å². The Hall–Kier alpha value is -4.59. The molecule has 37 heavy (non-hydrogen) atoms. The van der Waals surface area contributed by atoms with Gasteiger partial charge in [-0.3, -0.25) is 14.4 Å². The van der Waals surface area contributed by atoms with E-state index >= 15 is 0 Å². The number of hydrogen-bond acceptors (Lipinski definition) is 6. The first-order valence-electron chi connectivity index (χ1n) is 12.3. The van der Waals surface area contributed by atoms with Crippen LogP contribution in [0, 0.1) is 25.7 Å². The molecule has 1 aromatic heterocycles. The normalized spacial score (nSPS) is 23.9. The zero-order chi connectivity index (χ0) is 25.4. The van der Waals surface area contributed by atoms with Crippen LogP contribution in [0.4, 0.5) is 11.4 Å². The van der Waals surface area contributed by atoms with Crippen LogP contribution in [0.25, 0.3) is 17.1 Å². The molecule has 4 atom stereocenters. The first kappa shape index (κ1) is 21.7. The van der Waals surface area contributed by atoms with Gasteiger partial charge in [-0.15, -0.1) is 5.10 Å². The summed E-state index contributed by atoms with van der Waals surface area (Å²) in [6.45, 7) is 3.86. The molecule has 8 nitrogen and oxygen atoms in total. The van der Waals surface area contributed by atoms with E-state index in [4.69, 9.17) is 0 Å². The Balaban J connectivity index is 1.40. The predicted octanol–water partition coefficient (Wildman–Crippen LogP) is 3.78. The van der Waals surface area contributed by atoms with Crippen LogP contribution in [-0.4, -0.2) is 44.8 Å². The number of aromatic nitrogens is 3. The predicted molar refractivity (Wildman–Crippen MR) is 139 cm³/mol. The van der Waals surface area contributed by atoms with E-state index in [2.05, 4.69) is 10.3 Å². The molecule has 3 aliphatic rings. The average molecular weight is 490 g/mol. The Bertz CT molecular complexity index is 1670. The summed E-state index contributed by atoms with van der Waals surface area (Å²) in [7, 11) is 0. The second-order valence-corrected chi connectivity index (χ2v) is 9.94. The molecule has 3 aromatic carbocycles. The highest BCUT2D eigenvalue weighted by Crippen LogP contribution is 2.49. The topological polar surface area (TPSA) is 88.4 Å². The van der Waals surface area contributed by atoms with Gasteiger partial charge in [-0.2, -0.15) is 4.68 Å². The van der Waals surface area contributed by atoms with Crippen molar-refractivity contribution in [1.29, 1.82) is 0 Å². The fraction of sp³-hybridized carbons (Fsp3) is 0.207. The minimum absolute atomic E-state index is 0.278. The largest absolute Gasteiger partial charge is 0.351 e. The van der Waals surface area contributed by atoms with Crippen LogP contribution in [-0.2, 0) is 9.59 Å². The van der Waals surface area contributed by atoms with Gasteiger partial charge in [0.2, 0.25) is 11.8 Å². The molecule has 0 saturated carbocycles. The van der Waals surface area contributed by atoms with Crippen molar-refractivity contribution in [2.45, 2.75) is 25.9 Å². The van der Waals surface area contributed by atoms with Gasteiger partial charge < -0.3 is 4.90 Å². The molecule has 3 aliphatic heterocycles. The lowest BCUT2D eigenvalue weighted by Gasteiger charge is -2.36. The standard InChI is InChI=1S/C29H23N5O3/c1-16-11-13-20(17(2)15-16)33-27(35)24-23-14-12-18-7-3-5-9-21(18)32(23)26(25(24)28(33)36)29(37)34-22-10-6-4-8-19(22)30-31-34/h3-15,23-26H,1-2H3. The molecule has 0 spiro atoms. The molecule has 0 N–H and O–H groups in total. The number of imide groups is 1. The van der Waals surface area contributed by atoms with E-state index in [1.165, 1.54) is 9.58 Å². The van der Waals surface area contributed by atoms with Crippen LogP contribution in [0.3, 0.4) is 0 Å². The number of aryl methyl sites for hydroxylation is 2. The fourth-order valence-corrected chi connectivity index (χ4v) is 6.25. The summed E-state index contributed by atoms with van der Waals surface area (Å²) in [5.41, 5.74) is 5.37. The summed E-state index contributed by atoms with van der Waals surface area (Å²) in [4.78, 5) is 45.5. The second kappa shape index (κ2) is 7.70. The lowest BCUT2D eigenvalue weighted by Crippen LogP contribution is -2.50. The first-order valence-corrected chi connectivity index (χ1v) is 12.3. The van der Waals surface area contributed by atoms with E-state index in [0.29, 0.717) is 16.7 Å². The van der Waals surface area contributed by atoms with Crippen LogP contribution in [0.1, 0.15) is 21.5 Å². The van der Waals surface area contributed by atoms with Crippen LogP contribution in [0.5, 0.6) is 0 Å². The highest BCUT2D eigenvalue weighted by molar-refractivity contribution is 6.25. The third-order valence-electron chi connectivity index (χ3n) is 7.82. The van der Waals surface area contributed by atoms with Gasteiger partial charge in [0.25, 0.3) is 5.91 Å². The van der Waals surface area contributed by atoms with E-state index < -0.39 is 23.9 Å². The molecule has 4 heterocycles. The van der Waals surface area contributed by atoms with Gasteiger partial charge in [0.15, 0.2) is 0 Å². The van der Waals surface area contributed by atoms with Crippen molar-refractivity contribution in [3.63, 3.8) is 0 Å². The smallest absolute Gasteiger partial charge is 0.272 e. The molecule has 2 saturated heterocycles. The molecule has 2 amide bonds. The number of hydrogen-bond donors (Lipinski definition) is 0. The van der Waals surface area contributed by atoms with Crippen molar-refractivity contribution in [2.75, 3.05) is 9.80 Å². The first-order chi connectivity index (χ1) is 18.0. The van der Waals surface area contributed by atoms with E-state index in [1.807, 2.05) is 85.5 Å². The van der Waals surface area contributed by atoms with Crippen LogP contribution in [0.2, 0.25) is 0 Å². The molecule has 182 valence electrons. The highest BCUT2D eigenvalue weighted by Gasteiger charge is 2.64. The summed E-state index contributed by atoms with van der Waals surface area (Å²) in [6, 6.07) is 19.3. The molecule has 4 aromatic rings. The summed E-state index contributed by atoms with van der Waals surface area (Å²) in [5.74, 6) is -2.56. The quantitative estimate of drug-likeness (QED) is 0.398. The molecule has 4 unspecified atom stereocenters. The van der Waals surface area contributed by atoms with Gasteiger partial charge in [0.05, 0.1) is 29.1 Å². The number of para-hydroxylation sites is 2. The maximum atomic E-state index is 14.2. The van der Waals surface area contributed by atoms with Crippen molar-refractivity contribution in [3.8, 4) is 0 Å². The Morgan fingerprint density at radius 1 is 0.865 bits per heavy atom. The Morgan fingerprint density at radius 2 is 1.62 bits per heavy atom. The number of carbonyl (C=O) groups excluding carboxylic acids is 3. The maximum Gasteiger partial charge on any atom is 0.272 e. The van der Waals surface area contributed by atoms with Gasteiger partial charge in [0.1, 0.15) is 11.6 Å². The van der Waals surface area contributed by atoms with Crippen LogP contribution >= 0.6 is 0 Å². The zero-order valence-corrected chi connectivity index (χ0v) is 20.3. The molecule has 0 bridgehead atoms. The number of nitrogens with zero attached hydrogens (tertiary/aromatic N) is 5. The van der Waals surface area contributed by atoms with Crippen molar-refractivity contribution < 1.29 is 14.4 Å². The van der Waals surface area contributed by atoms with Crippen molar-refractivity contribution >= 4 is 46.2 Å². The Morgan fingerprint density at radius 3 is 2.46 bits per heavy atom. The fourth-order valence-electron chi connectivity index (χ4n) is 6.25. The number of fused-ring (bicyclic) bond motifs is 6. The minimum Gasteiger partial charge on any atom is -0.351 e. The maximum absolute atomic E-state index is 14.2. The number of anilines is 2.